The Bertz CT molecular complexity index is 625. The van der Waals surface area contributed by atoms with Gasteiger partial charge in [-0.15, -0.1) is 0 Å². The molecule has 0 N–H and O–H groups in total. The van der Waals surface area contributed by atoms with Gasteiger partial charge in [0, 0.05) is 33.4 Å². The average molecular weight is 332 g/mol. The van der Waals surface area contributed by atoms with E-state index in [9.17, 15) is 4.79 Å². The van der Waals surface area contributed by atoms with Gasteiger partial charge in [-0.25, -0.2) is 4.98 Å². The number of ether oxygens (including phenoxy) is 2. The average Bonchev–Trinajstić information content (AvgIpc) is 2.53. The molecule has 0 radical (unpaired) electrons. The minimum Gasteiger partial charge on any atom is -0.369 e. The summed E-state index contributed by atoms with van der Waals surface area (Å²) in [4.78, 5) is 19.5. The molecule has 1 fully saturated rings. The number of likely N-dealkylation sites (N-methyl/N-ethyl adjacent to an activating group) is 1. The second kappa shape index (κ2) is 7.60. The fourth-order valence-electron chi connectivity index (χ4n) is 2.62. The van der Waals surface area contributed by atoms with Crippen LogP contribution in [-0.4, -0.2) is 67.9 Å². The lowest BCUT2D eigenvalue weighted by molar-refractivity contribution is -0.139. The van der Waals surface area contributed by atoms with Crippen LogP contribution in [-0.2, 0) is 14.3 Å². The molecule has 0 aliphatic carbocycles. The van der Waals surface area contributed by atoms with Crippen LogP contribution >= 0.6 is 0 Å². The van der Waals surface area contributed by atoms with Crippen molar-refractivity contribution < 1.29 is 14.3 Å². The van der Waals surface area contributed by atoms with Gasteiger partial charge in [-0.05, 0) is 26.0 Å². The molecule has 0 aromatic carbocycles. The zero-order valence-electron chi connectivity index (χ0n) is 14.7. The van der Waals surface area contributed by atoms with Gasteiger partial charge in [0.2, 0.25) is 5.91 Å². The summed E-state index contributed by atoms with van der Waals surface area (Å²) in [6, 6.07) is 5.59. The Morgan fingerprint density at radius 1 is 1.58 bits per heavy atom. The number of nitriles is 1. The highest BCUT2D eigenvalue weighted by molar-refractivity contribution is 5.76. The molecule has 1 saturated heterocycles. The fraction of sp³-hybridized carbons (Fsp3) is 0.588. The number of aromatic nitrogens is 1. The number of pyridine rings is 1. The molecule has 130 valence electrons. The number of morpholine rings is 1. The molecule has 1 aliphatic heterocycles. The number of hydrogen-bond donors (Lipinski definition) is 0. The quantitative estimate of drug-likeness (QED) is 0.802. The summed E-state index contributed by atoms with van der Waals surface area (Å²) in [7, 11) is 3.39. The number of anilines is 1. The fourth-order valence-corrected chi connectivity index (χ4v) is 2.62. The third-order valence-corrected chi connectivity index (χ3v) is 3.71. The molecule has 1 aromatic rings. The van der Waals surface area contributed by atoms with Crippen LogP contribution in [0, 0.1) is 11.3 Å². The minimum absolute atomic E-state index is 0.0372. The third kappa shape index (κ3) is 4.91. The largest absolute Gasteiger partial charge is 0.369 e. The predicted molar refractivity (Wildman–Crippen MR) is 89.6 cm³/mol. The first kappa shape index (κ1) is 18.2. The highest BCUT2D eigenvalue weighted by Crippen LogP contribution is 2.25. The van der Waals surface area contributed by atoms with Crippen LogP contribution in [0.3, 0.4) is 0 Å². The van der Waals surface area contributed by atoms with Crippen LogP contribution in [0.2, 0.25) is 0 Å². The van der Waals surface area contributed by atoms with Crippen LogP contribution in [0.5, 0.6) is 0 Å². The van der Waals surface area contributed by atoms with E-state index in [1.807, 2.05) is 13.8 Å². The number of carbonyl (C=O) groups is 1. The lowest BCUT2D eigenvalue weighted by Crippen LogP contribution is -2.54. The SMILES string of the molecule is CN(C)C(=O)COC[C@H]1CN(c2cc(C#N)ccn2)CC(C)(C)O1. The van der Waals surface area contributed by atoms with Crippen molar-refractivity contribution in [2.24, 2.45) is 0 Å². The number of carbonyl (C=O) groups excluding carboxylic acids is 1. The van der Waals surface area contributed by atoms with Gasteiger partial charge in [-0.2, -0.15) is 5.26 Å². The molecule has 2 rings (SSSR count). The summed E-state index contributed by atoms with van der Waals surface area (Å²) >= 11 is 0. The second-order valence-electron chi connectivity index (χ2n) is 6.70. The molecule has 2 heterocycles. The topological polar surface area (TPSA) is 78.7 Å². The Hall–Kier alpha value is -2.17. The van der Waals surface area contributed by atoms with E-state index >= 15 is 0 Å². The van der Waals surface area contributed by atoms with E-state index < -0.39 is 0 Å². The van der Waals surface area contributed by atoms with Crippen molar-refractivity contribution in [2.75, 3.05) is 45.3 Å². The van der Waals surface area contributed by atoms with Crippen LogP contribution in [0.25, 0.3) is 0 Å². The van der Waals surface area contributed by atoms with Gasteiger partial charge in [0.05, 0.1) is 29.9 Å². The van der Waals surface area contributed by atoms with E-state index in [0.717, 1.165) is 5.82 Å². The standard InChI is InChI=1S/C17H24N4O3/c1-17(2)12-21(15-7-13(8-18)5-6-19-15)9-14(24-17)10-23-11-16(22)20(3)4/h5-7,14H,9-12H2,1-4H3/t14-/m1/s1. The molecule has 0 spiro atoms. The lowest BCUT2D eigenvalue weighted by Gasteiger charge is -2.43. The maximum atomic E-state index is 11.6. The van der Waals surface area contributed by atoms with Gasteiger partial charge in [0.15, 0.2) is 0 Å². The zero-order valence-corrected chi connectivity index (χ0v) is 14.7. The van der Waals surface area contributed by atoms with E-state index in [2.05, 4.69) is 16.0 Å². The van der Waals surface area contributed by atoms with Crippen LogP contribution in [0.1, 0.15) is 19.4 Å². The summed E-state index contributed by atoms with van der Waals surface area (Å²) in [5.74, 6) is 0.671. The number of hydrogen-bond acceptors (Lipinski definition) is 6. The van der Waals surface area contributed by atoms with E-state index in [0.29, 0.717) is 25.3 Å². The lowest BCUT2D eigenvalue weighted by atomic mass is 10.1. The van der Waals surface area contributed by atoms with Crippen molar-refractivity contribution >= 4 is 11.7 Å². The maximum Gasteiger partial charge on any atom is 0.248 e. The highest BCUT2D eigenvalue weighted by atomic mass is 16.5. The molecule has 1 aromatic heterocycles. The Morgan fingerprint density at radius 2 is 2.33 bits per heavy atom. The number of rotatable bonds is 5. The summed E-state index contributed by atoms with van der Waals surface area (Å²) in [6.45, 7) is 5.65. The van der Waals surface area contributed by atoms with Gasteiger partial charge in [-0.1, -0.05) is 0 Å². The smallest absolute Gasteiger partial charge is 0.248 e. The Balaban J connectivity index is 2.01. The van der Waals surface area contributed by atoms with Crippen molar-refractivity contribution in [3.8, 4) is 6.07 Å². The molecule has 1 aliphatic rings. The van der Waals surface area contributed by atoms with E-state index in [1.165, 1.54) is 4.90 Å². The van der Waals surface area contributed by atoms with Gasteiger partial charge in [0.1, 0.15) is 12.4 Å². The molecule has 0 unspecified atom stereocenters. The summed E-state index contributed by atoms with van der Waals surface area (Å²) in [5.41, 5.74) is 0.205. The minimum atomic E-state index is -0.373. The molecule has 0 bridgehead atoms. The van der Waals surface area contributed by atoms with Gasteiger partial charge < -0.3 is 19.3 Å². The first-order valence-electron chi connectivity index (χ1n) is 7.87. The van der Waals surface area contributed by atoms with Crippen LogP contribution in [0.15, 0.2) is 18.3 Å². The van der Waals surface area contributed by atoms with Gasteiger partial charge >= 0.3 is 0 Å². The Morgan fingerprint density at radius 3 is 3.00 bits per heavy atom. The summed E-state index contributed by atoms with van der Waals surface area (Å²) in [6.07, 6.45) is 1.47. The number of amides is 1. The van der Waals surface area contributed by atoms with Crippen molar-refractivity contribution in [1.29, 1.82) is 5.26 Å². The van der Waals surface area contributed by atoms with Crippen molar-refractivity contribution in [1.82, 2.24) is 9.88 Å². The molecule has 7 nitrogen and oxygen atoms in total. The first-order chi connectivity index (χ1) is 11.3. The monoisotopic (exact) mass is 332 g/mol. The molecule has 0 saturated carbocycles. The van der Waals surface area contributed by atoms with Crippen LogP contribution < -0.4 is 4.90 Å². The van der Waals surface area contributed by atoms with Crippen molar-refractivity contribution in [3.05, 3.63) is 23.9 Å². The third-order valence-electron chi connectivity index (χ3n) is 3.71. The molecule has 7 heteroatoms. The second-order valence-corrected chi connectivity index (χ2v) is 6.70. The maximum absolute atomic E-state index is 11.6. The van der Waals surface area contributed by atoms with Gasteiger partial charge in [0.25, 0.3) is 0 Å². The van der Waals surface area contributed by atoms with Gasteiger partial charge in [-0.3, -0.25) is 4.79 Å². The van der Waals surface area contributed by atoms with E-state index in [1.54, 1.807) is 32.4 Å². The summed E-state index contributed by atoms with van der Waals surface area (Å²) in [5, 5.41) is 9.05. The Labute approximate surface area is 142 Å². The molecule has 1 amide bonds. The zero-order chi connectivity index (χ0) is 17.7. The molecular formula is C17H24N4O3. The first-order valence-corrected chi connectivity index (χ1v) is 7.87. The van der Waals surface area contributed by atoms with Crippen LogP contribution in [0.4, 0.5) is 5.82 Å². The Kier molecular flexibility index (Phi) is 5.75. The molecule has 24 heavy (non-hydrogen) atoms. The molecular weight excluding hydrogens is 308 g/mol. The van der Waals surface area contributed by atoms with Crippen molar-refractivity contribution in [3.63, 3.8) is 0 Å². The van der Waals surface area contributed by atoms with E-state index in [-0.39, 0.29) is 24.2 Å². The number of nitrogens with zero attached hydrogens (tertiary/aromatic N) is 4. The predicted octanol–water partition coefficient (Wildman–Crippen LogP) is 1.04. The summed E-state index contributed by atoms with van der Waals surface area (Å²) < 4.78 is 11.5. The normalized spacial score (nSPS) is 19.6. The highest BCUT2D eigenvalue weighted by Gasteiger charge is 2.34. The van der Waals surface area contributed by atoms with E-state index in [4.69, 9.17) is 14.7 Å². The van der Waals surface area contributed by atoms with Crippen molar-refractivity contribution in [2.45, 2.75) is 25.6 Å². The molecule has 1 atom stereocenters.